The molecule has 1 aromatic heterocycles. The van der Waals surface area contributed by atoms with Crippen molar-refractivity contribution in [2.75, 3.05) is 0 Å². The van der Waals surface area contributed by atoms with E-state index >= 15 is 0 Å². The maximum Gasteiger partial charge on any atom is 0.317 e. The first kappa shape index (κ1) is 8.22. The lowest BCUT2D eigenvalue weighted by molar-refractivity contribution is -0.144. The minimum absolute atomic E-state index is 0.498. The summed E-state index contributed by atoms with van der Waals surface area (Å²) in [5.41, 5.74) is -0.795. The van der Waals surface area contributed by atoms with Gasteiger partial charge in [0.15, 0.2) is 0 Å². The Hall–Kier alpha value is -1.39. The van der Waals surface area contributed by atoms with Gasteiger partial charge < -0.3 is 5.11 Å². The van der Waals surface area contributed by atoms with Crippen molar-refractivity contribution in [2.24, 2.45) is 0 Å². The van der Waals surface area contributed by atoms with E-state index in [1.54, 1.807) is 0 Å². The average molecular weight is 181 g/mol. The van der Waals surface area contributed by atoms with E-state index in [4.69, 9.17) is 5.11 Å². The zero-order valence-corrected chi connectivity index (χ0v) is 7.16. The molecular formula is C8H11N3O2. The van der Waals surface area contributed by atoms with Crippen molar-refractivity contribution in [3.05, 3.63) is 12.2 Å². The zero-order chi connectivity index (χ0) is 9.31. The van der Waals surface area contributed by atoms with Gasteiger partial charge in [-0.25, -0.2) is 4.98 Å². The summed E-state index contributed by atoms with van der Waals surface area (Å²) in [6.07, 6.45) is 4.59. The van der Waals surface area contributed by atoms with Crippen LogP contribution < -0.4 is 0 Å². The number of H-pyrrole nitrogens is 1. The SMILES string of the molecule is O=C(O)C1(c2ncn[nH]2)CCCC1. The van der Waals surface area contributed by atoms with E-state index in [-0.39, 0.29) is 0 Å². The van der Waals surface area contributed by atoms with Gasteiger partial charge in [-0.1, -0.05) is 12.8 Å². The first-order chi connectivity index (χ1) is 6.26. The second-order valence-corrected chi connectivity index (χ2v) is 3.43. The molecule has 1 aliphatic carbocycles. The molecule has 0 unspecified atom stereocenters. The lowest BCUT2D eigenvalue weighted by Gasteiger charge is -2.19. The van der Waals surface area contributed by atoms with Gasteiger partial charge in [-0.05, 0) is 12.8 Å². The number of aromatic amines is 1. The number of rotatable bonds is 2. The van der Waals surface area contributed by atoms with E-state index in [1.165, 1.54) is 6.33 Å². The summed E-state index contributed by atoms with van der Waals surface area (Å²) in [5.74, 6) is -0.292. The monoisotopic (exact) mass is 181 g/mol. The molecule has 5 nitrogen and oxygen atoms in total. The number of nitrogens with zero attached hydrogens (tertiary/aromatic N) is 2. The van der Waals surface area contributed by atoms with Gasteiger partial charge in [0.05, 0.1) is 0 Å². The van der Waals surface area contributed by atoms with Crippen molar-refractivity contribution in [2.45, 2.75) is 31.1 Å². The number of carboxylic acids is 1. The van der Waals surface area contributed by atoms with Crippen LogP contribution in [0.4, 0.5) is 0 Å². The summed E-state index contributed by atoms with van der Waals surface area (Å²) in [5, 5.41) is 15.5. The van der Waals surface area contributed by atoms with Crippen molar-refractivity contribution in [3.63, 3.8) is 0 Å². The average Bonchev–Trinajstić information content (AvgIpc) is 2.75. The topological polar surface area (TPSA) is 78.9 Å². The molecule has 1 aromatic rings. The van der Waals surface area contributed by atoms with E-state index in [2.05, 4.69) is 15.2 Å². The molecule has 1 heterocycles. The van der Waals surface area contributed by atoms with Crippen molar-refractivity contribution in [3.8, 4) is 0 Å². The lowest BCUT2D eigenvalue weighted by Crippen LogP contribution is -2.33. The molecule has 0 atom stereocenters. The normalized spacial score (nSPS) is 20.3. The van der Waals surface area contributed by atoms with Crippen LogP contribution in [0, 0.1) is 0 Å². The Morgan fingerprint density at radius 2 is 2.23 bits per heavy atom. The van der Waals surface area contributed by atoms with Crippen LogP contribution in [-0.2, 0) is 10.2 Å². The zero-order valence-electron chi connectivity index (χ0n) is 7.16. The molecule has 5 heteroatoms. The fourth-order valence-electron chi connectivity index (χ4n) is 1.97. The third-order valence-electron chi connectivity index (χ3n) is 2.73. The minimum Gasteiger partial charge on any atom is -0.480 e. The van der Waals surface area contributed by atoms with Gasteiger partial charge in [0, 0.05) is 0 Å². The molecule has 2 rings (SSSR count). The van der Waals surface area contributed by atoms with Crippen LogP contribution in [0.5, 0.6) is 0 Å². The molecule has 0 aliphatic heterocycles. The molecule has 70 valence electrons. The number of nitrogens with one attached hydrogen (secondary N) is 1. The number of aliphatic carboxylic acids is 1. The quantitative estimate of drug-likeness (QED) is 0.703. The Labute approximate surface area is 75.2 Å². The second-order valence-electron chi connectivity index (χ2n) is 3.43. The van der Waals surface area contributed by atoms with Crippen LogP contribution in [0.1, 0.15) is 31.5 Å². The number of carboxylic acid groups (broad SMARTS) is 1. The van der Waals surface area contributed by atoms with Crippen LogP contribution in [-0.4, -0.2) is 26.3 Å². The van der Waals surface area contributed by atoms with Gasteiger partial charge in [-0.15, -0.1) is 0 Å². The maximum atomic E-state index is 11.1. The number of aromatic nitrogens is 3. The number of hydrogen-bond acceptors (Lipinski definition) is 3. The number of hydrogen-bond donors (Lipinski definition) is 2. The third kappa shape index (κ3) is 1.11. The van der Waals surface area contributed by atoms with Gasteiger partial charge in [-0.2, -0.15) is 5.10 Å². The molecule has 1 saturated carbocycles. The third-order valence-corrected chi connectivity index (χ3v) is 2.73. The first-order valence-corrected chi connectivity index (χ1v) is 4.35. The van der Waals surface area contributed by atoms with Crippen LogP contribution in [0.3, 0.4) is 0 Å². The first-order valence-electron chi connectivity index (χ1n) is 4.35. The Bertz CT molecular complexity index is 301. The van der Waals surface area contributed by atoms with Crippen LogP contribution in [0.25, 0.3) is 0 Å². The molecule has 13 heavy (non-hydrogen) atoms. The van der Waals surface area contributed by atoms with Gasteiger partial charge in [0.2, 0.25) is 0 Å². The van der Waals surface area contributed by atoms with E-state index in [0.717, 1.165) is 12.8 Å². The highest BCUT2D eigenvalue weighted by atomic mass is 16.4. The highest BCUT2D eigenvalue weighted by molar-refractivity contribution is 5.80. The predicted molar refractivity (Wildman–Crippen MR) is 44.2 cm³/mol. The fourth-order valence-corrected chi connectivity index (χ4v) is 1.97. The molecule has 0 amide bonds. The molecule has 0 radical (unpaired) electrons. The highest BCUT2D eigenvalue weighted by Gasteiger charge is 2.45. The van der Waals surface area contributed by atoms with Gasteiger partial charge >= 0.3 is 5.97 Å². The van der Waals surface area contributed by atoms with E-state index < -0.39 is 11.4 Å². The van der Waals surface area contributed by atoms with Crippen molar-refractivity contribution < 1.29 is 9.90 Å². The summed E-state index contributed by atoms with van der Waals surface area (Å²) in [4.78, 5) is 15.1. The molecule has 1 fully saturated rings. The number of carbonyl (C=O) groups is 1. The molecule has 2 N–H and O–H groups in total. The van der Waals surface area contributed by atoms with Crippen molar-refractivity contribution >= 4 is 5.97 Å². The van der Waals surface area contributed by atoms with Crippen LogP contribution in [0.2, 0.25) is 0 Å². The Morgan fingerprint density at radius 3 is 2.69 bits per heavy atom. The summed E-state index contributed by atoms with van der Waals surface area (Å²) < 4.78 is 0. The Kier molecular flexibility index (Phi) is 1.79. The lowest BCUT2D eigenvalue weighted by atomic mass is 9.85. The molecule has 0 saturated heterocycles. The van der Waals surface area contributed by atoms with Gasteiger partial charge in [0.25, 0.3) is 0 Å². The summed E-state index contributed by atoms with van der Waals surface area (Å²) in [7, 11) is 0. The molecular weight excluding hydrogens is 170 g/mol. The van der Waals surface area contributed by atoms with E-state index in [1.807, 2.05) is 0 Å². The Morgan fingerprint density at radius 1 is 1.54 bits per heavy atom. The molecule has 1 aliphatic rings. The van der Waals surface area contributed by atoms with Crippen molar-refractivity contribution in [1.29, 1.82) is 0 Å². The summed E-state index contributed by atoms with van der Waals surface area (Å²) >= 11 is 0. The summed E-state index contributed by atoms with van der Waals surface area (Å²) in [6, 6.07) is 0. The Balaban J connectivity index is 2.39. The summed E-state index contributed by atoms with van der Waals surface area (Å²) in [6.45, 7) is 0. The maximum absolute atomic E-state index is 11.1. The van der Waals surface area contributed by atoms with Crippen LogP contribution in [0.15, 0.2) is 6.33 Å². The van der Waals surface area contributed by atoms with Crippen LogP contribution >= 0.6 is 0 Å². The molecule has 0 bridgehead atoms. The minimum atomic E-state index is -0.795. The van der Waals surface area contributed by atoms with Crippen molar-refractivity contribution in [1.82, 2.24) is 15.2 Å². The van der Waals surface area contributed by atoms with Gasteiger partial charge in [0.1, 0.15) is 17.6 Å². The van der Waals surface area contributed by atoms with E-state index in [9.17, 15) is 4.79 Å². The van der Waals surface area contributed by atoms with Gasteiger partial charge in [-0.3, -0.25) is 9.89 Å². The predicted octanol–water partition coefficient (Wildman–Crippen LogP) is 0.701. The second kappa shape index (κ2) is 2.83. The molecule has 0 spiro atoms. The molecule has 0 aromatic carbocycles. The fraction of sp³-hybridized carbons (Fsp3) is 0.625. The highest BCUT2D eigenvalue weighted by Crippen LogP contribution is 2.39. The largest absolute Gasteiger partial charge is 0.480 e. The van der Waals surface area contributed by atoms with E-state index in [0.29, 0.717) is 18.7 Å². The standard InChI is InChI=1S/C8H11N3O2/c12-7(13)8(3-1-2-4-8)6-9-5-10-11-6/h5H,1-4H2,(H,12,13)(H,9,10,11). The smallest absolute Gasteiger partial charge is 0.317 e.